The van der Waals surface area contributed by atoms with Crippen LogP contribution in [0.4, 0.5) is 5.69 Å². The Morgan fingerprint density at radius 2 is 1.68 bits per heavy atom. The number of hydrogen-bond acceptors (Lipinski definition) is 4. The Labute approximate surface area is 165 Å². The lowest BCUT2D eigenvalue weighted by Crippen LogP contribution is -2.40. The third-order valence-electron chi connectivity index (χ3n) is 5.37. The highest BCUT2D eigenvalue weighted by Gasteiger charge is 2.43. The van der Waals surface area contributed by atoms with Gasteiger partial charge in [0.2, 0.25) is 0 Å². The van der Waals surface area contributed by atoms with Crippen molar-refractivity contribution >= 4 is 23.1 Å². The van der Waals surface area contributed by atoms with Gasteiger partial charge < -0.3 is 9.64 Å². The minimum absolute atomic E-state index is 0.203. The van der Waals surface area contributed by atoms with E-state index in [4.69, 9.17) is 4.74 Å². The summed E-state index contributed by atoms with van der Waals surface area (Å²) < 4.78 is 5.24. The first kappa shape index (κ1) is 18.3. The Balaban J connectivity index is 1.89. The van der Waals surface area contributed by atoms with Gasteiger partial charge in [-0.05, 0) is 56.0 Å². The highest BCUT2D eigenvalue weighted by atomic mass is 16.5. The van der Waals surface area contributed by atoms with Crippen LogP contribution in [-0.4, -0.2) is 36.4 Å². The quantitative estimate of drug-likeness (QED) is 0.765. The molecule has 144 valence electrons. The average Bonchev–Trinajstić information content (AvgIpc) is 2.97. The number of hydrogen-bond donors (Lipinski definition) is 0. The molecule has 0 unspecified atom stereocenters. The number of fused-ring (bicyclic) bond motifs is 1. The molecule has 4 rings (SSSR count). The van der Waals surface area contributed by atoms with Crippen molar-refractivity contribution in [3.8, 4) is 5.75 Å². The first-order valence-corrected chi connectivity index (χ1v) is 9.65. The van der Waals surface area contributed by atoms with E-state index >= 15 is 0 Å². The maximum absolute atomic E-state index is 13.4. The molecule has 0 N–H and O–H groups in total. The standard InChI is InChI=1S/C23H24N2O3/c1-15(2)25-22(26)20(17-10-12-18(28-3)13-11-17)21(23(25)27)24-14-6-8-16-7-4-5-9-19(16)24/h4-5,7,9-13,15H,6,8,14H2,1-3H3. The molecule has 0 bridgehead atoms. The molecule has 0 saturated carbocycles. The van der Waals surface area contributed by atoms with Gasteiger partial charge in [0.1, 0.15) is 11.4 Å². The van der Waals surface area contributed by atoms with Gasteiger partial charge in [0.25, 0.3) is 11.8 Å². The second-order valence-electron chi connectivity index (χ2n) is 7.41. The number of imide groups is 1. The van der Waals surface area contributed by atoms with E-state index in [0.29, 0.717) is 17.0 Å². The van der Waals surface area contributed by atoms with Gasteiger partial charge >= 0.3 is 0 Å². The number of methoxy groups -OCH3 is 1. The van der Waals surface area contributed by atoms with Crippen LogP contribution < -0.4 is 9.64 Å². The third-order valence-corrected chi connectivity index (χ3v) is 5.37. The fraction of sp³-hybridized carbons (Fsp3) is 0.304. The van der Waals surface area contributed by atoms with Crippen molar-refractivity contribution in [3.05, 3.63) is 65.4 Å². The Bertz CT molecular complexity index is 960. The minimum atomic E-state index is -0.233. The Hall–Kier alpha value is -3.08. The normalized spacial score (nSPS) is 16.9. The van der Waals surface area contributed by atoms with Gasteiger partial charge in [-0.25, -0.2) is 0 Å². The van der Waals surface area contributed by atoms with Gasteiger partial charge in [-0.2, -0.15) is 0 Å². The van der Waals surface area contributed by atoms with Crippen molar-refractivity contribution in [1.29, 1.82) is 0 Å². The fourth-order valence-corrected chi connectivity index (χ4v) is 4.04. The Kier molecular flexibility index (Phi) is 4.67. The zero-order valence-corrected chi connectivity index (χ0v) is 16.4. The highest BCUT2D eigenvalue weighted by molar-refractivity contribution is 6.37. The summed E-state index contributed by atoms with van der Waals surface area (Å²) in [6.07, 6.45) is 1.92. The van der Waals surface area contributed by atoms with Gasteiger partial charge in [-0.15, -0.1) is 0 Å². The second kappa shape index (κ2) is 7.15. The smallest absolute Gasteiger partial charge is 0.278 e. The monoisotopic (exact) mass is 376 g/mol. The summed E-state index contributed by atoms with van der Waals surface area (Å²) in [4.78, 5) is 30.0. The second-order valence-corrected chi connectivity index (χ2v) is 7.41. The van der Waals surface area contributed by atoms with Gasteiger partial charge in [0.05, 0.1) is 12.7 Å². The summed E-state index contributed by atoms with van der Waals surface area (Å²) in [5.74, 6) is 0.262. The number of benzene rings is 2. The van der Waals surface area contributed by atoms with Crippen molar-refractivity contribution in [1.82, 2.24) is 4.90 Å². The predicted molar refractivity (Wildman–Crippen MR) is 109 cm³/mol. The Morgan fingerprint density at radius 3 is 2.36 bits per heavy atom. The molecule has 0 fully saturated rings. The zero-order valence-electron chi connectivity index (χ0n) is 16.4. The topological polar surface area (TPSA) is 49.9 Å². The largest absolute Gasteiger partial charge is 0.497 e. The van der Waals surface area contributed by atoms with Gasteiger partial charge in [-0.1, -0.05) is 30.3 Å². The molecule has 2 aromatic rings. The summed E-state index contributed by atoms with van der Waals surface area (Å²) in [7, 11) is 1.61. The average molecular weight is 376 g/mol. The minimum Gasteiger partial charge on any atom is -0.497 e. The van der Waals surface area contributed by atoms with Gasteiger partial charge in [0.15, 0.2) is 0 Å². The van der Waals surface area contributed by atoms with Crippen molar-refractivity contribution in [2.45, 2.75) is 32.7 Å². The van der Waals surface area contributed by atoms with E-state index in [1.54, 1.807) is 7.11 Å². The van der Waals surface area contributed by atoms with Crippen LogP contribution in [-0.2, 0) is 16.0 Å². The molecule has 0 aromatic heterocycles. The number of rotatable bonds is 4. The summed E-state index contributed by atoms with van der Waals surface area (Å²) in [5, 5.41) is 0. The number of amides is 2. The van der Waals surface area contributed by atoms with Crippen molar-refractivity contribution < 1.29 is 14.3 Å². The van der Waals surface area contributed by atoms with Gasteiger partial charge in [0, 0.05) is 18.3 Å². The van der Waals surface area contributed by atoms with Crippen LogP contribution >= 0.6 is 0 Å². The zero-order chi connectivity index (χ0) is 19.8. The van der Waals surface area contributed by atoms with E-state index < -0.39 is 0 Å². The molecule has 5 nitrogen and oxygen atoms in total. The molecule has 5 heteroatoms. The number of anilines is 1. The molecular weight excluding hydrogens is 352 g/mol. The van der Waals surface area contributed by atoms with Crippen molar-refractivity contribution in [3.63, 3.8) is 0 Å². The van der Waals surface area contributed by atoms with E-state index in [-0.39, 0.29) is 17.9 Å². The molecule has 0 saturated heterocycles. The van der Waals surface area contributed by atoms with Crippen LogP contribution in [0.5, 0.6) is 5.75 Å². The van der Waals surface area contributed by atoms with Gasteiger partial charge in [-0.3, -0.25) is 14.5 Å². The molecule has 2 heterocycles. The van der Waals surface area contributed by atoms with Crippen LogP contribution in [0.25, 0.3) is 5.57 Å². The molecular formula is C23H24N2O3. The molecule has 0 radical (unpaired) electrons. The van der Waals surface area contributed by atoms with Crippen LogP contribution in [0.15, 0.2) is 54.2 Å². The first-order valence-electron chi connectivity index (χ1n) is 9.65. The molecule has 2 amide bonds. The SMILES string of the molecule is COc1ccc(C2=C(N3CCCc4ccccc43)C(=O)N(C(C)C)C2=O)cc1. The maximum atomic E-state index is 13.4. The number of ether oxygens (including phenoxy) is 1. The van der Waals surface area contributed by atoms with Crippen LogP contribution in [0.3, 0.4) is 0 Å². The molecule has 2 aromatic carbocycles. The van der Waals surface area contributed by atoms with Crippen LogP contribution in [0.1, 0.15) is 31.4 Å². The van der Waals surface area contributed by atoms with E-state index in [9.17, 15) is 9.59 Å². The highest BCUT2D eigenvalue weighted by Crippen LogP contribution is 2.38. The van der Waals surface area contributed by atoms with Crippen molar-refractivity contribution in [2.75, 3.05) is 18.6 Å². The molecule has 0 aliphatic carbocycles. The lowest BCUT2D eigenvalue weighted by atomic mass is 9.98. The summed E-state index contributed by atoms with van der Waals surface area (Å²) in [5.41, 5.74) is 3.91. The van der Waals surface area contributed by atoms with E-state index in [1.165, 1.54) is 10.5 Å². The molecule has 2 aliphatic heterocycles. The molecule has 0 atom stereocenters. The predicted octanol–water partition coefficient (Wildman–Crippen LogP) is 3.64. The lowest BCUT2D eigenvalue weighted by Gasteiger charge is -2.32. The fourth-order valence-electron chi connectivity index (χ4n) is 4.04. The lowest BCUT2D eigenvalue weighted by molar-refractivity contribution is -0.138. The number of aryl methyl sites for hydroxylation is 1. The molecule has 0 spiro atoms. The molecule has 2 aliphatic rings. The van der Waals surface area contributed by atoms with Crippen molar-refractivity contribution in [2.24, 2.45) is 0 Å². The Morgan fingerprint density at radius 1 is 0.964 bits per heavy atom. The summed E-state index contributed by atoms with van der Waals surface area (Å²) in [6.45, 7) is 4.46. The van der Waals surface area contributed by atoms with E-state index in [1.807, 2.05) is 61.2 Å². The first-order chi connectivity index (χ1) is 13.5. The molecule has 28 heavy (non-hydrogen) atoms. The number of carbonyl (C=O) groups is 2. The van der Waals surface area contributed by atoms with E-state index in [0.717, 1.165) is 30.6 Å². The number of carbonyl (C=O) groups excluding carboxylic acids is 2. The third kappa shape index (κ3) is 2.87. The maximum Gasteiger partial charge on any atom is 0.278 e. The van der Waals surface area contributed by atoms with Crippen LogP contribution in [0, 0.1) is 0 Å². The summed E-state index contributed by atoms with van der Waals surface area (Å²) >= 11 is 0. The van der Waals surface area contributed by atoms with Crippen LogP contribution in [0.2, 0.25) is 0 Å². The number of para-hydroxylation sites is 1. The summed E-state index contributed by atoms with van der Waals surface area (Å²) in [6, 6.07) is 15.2. The van der Waals surface area contributed by atoms with E-state index in [2.05, 4.69) is 6.07 Å². The number of nitrogens with zero attached hydrogens (tertiary/aromatic N) is 2.